The molecule has 3 aliphatic rings. The van der Waals surface area contributed by atoms with Crippen molar-refractivity contribution in [2.75, 3.05) is 18.4 Å². The molecule has 1 amide bonds. The maximum absolute atomic E-state index is 12.7. The predicted molar refractivity (Wildman–Crippen MR) is 122 cm³/mol. The Balaban J connectivity index is 1.52. The highest BCUT2D eigenvalue weighted by Gasteiger charge is 2.25. The van der Waals surface area contributed by atoms with Gasteiger partial charge < -0.3 is 10.6 Å². The Morgan fingerprint density at radius 3 is 2.77 bits per heavy atom. The van der Waals surface area contributed by atoms with Crippen molar-refractivity contribution in [3.05, 3.63) is 70.9 Å². The van der Waals surface area contributed by atoms with Gasteiger partial charge in [-0.2, -0.15) is 0 Å². The molecule has 6 nitrogen and oxygen atoms in total. The highest BCUT2D eigenvalue weighted by atomic mass is 35.5. The van der Waals surface area contributed by atoms with Gasteiger partial charge in [-0.05, 0) is 61.3 Å². The summed E-state index contributed by atoms with van der Waals surface area (Å²) in [6, 6.07) is 16.0. The highest BCUT2D eigenvalue weighted by Crippen LogP contribution is 2.28. The van der Waals surface area contributed by atoms with E-state index in [4.69, 9.17) is 11.6 Å². The average molecular weight is 434 g/mol. The lowest BCUT2D eigenvalue weighted by Gasteiger charge is -2.31. The zero-order valence-electron chi connectivity index (χ0n) is 17.1. The van der Waals surface area contributed by atoms with Crippen molar-refractivity contribution in [3.63, 3.8) is 0 Å². The first-order valence-corrected chi connectivity index (χ1v) is 11.0. The number of fused-ring (bicyclic) bond motifs is 4. The number of hydrogen-bond donors (Lipinski definition) is 2. The molecule has 0 saturated carbocycles. The van der Waals surface area contributed by atoms with Crippen LogP contribution in [-0.4, -0.2) is 33.9 Å². The van der Waals surface area contributed by atoms with Gasteiger partial charge in [-0.15, -0.1) is 0 Å². The van der Waals surface area contributed by atoms with E-state index in [-0.39, 0.29) is 11.8 Å². The van der Waals surface area contributed by atoms with Crippen LogP contribution in [0.3, 0.4) is 0 Å². The van der Waals surface area contributed by atoms with E-state index in [2.05, 4.69) is 37.6 Å². The van der Waals surface area contributed by atoms with Crippen LogP contribution < -0.4 is 10.6 Å². The number of piperidine rings is 1. The fourth-order valence-electron chi connectivity index (χ4n) is 4.25. The van der Waals surface area contributed by atoms with Gasteiger partial charge in [-0.25, -0.2) is 9.97 Å². The van der Waals surface area contributed by atoms with Crippen LogP contribution >= 0.6 is 11.6 Å². The molecule has 158 valence electrons. The third-order valence-corrected chi connectivity index (χ3v) is 6.32. The molecule has 0 aliphatic carbocycles. The summed E-state index contributed by atoms with van der Waals surface area (Å²) < 4.78 is 0. The van der Waals surface area contributed by atoms with Crippen LogP contribution in [-0.2, 0) is 17.9 Å². The molecule has 0 spiro atoms. The topological polar surface area (TPSA) is 70.1 Å². The van der Waals surface area contributed by atoms with E-state index in [1.165, 1.54) is 5.56 Å². The summed E-state index contributed by atoms with van der Waals surface area (Å²) in [6.07, 6.45) is 3.49. The number of hydrogen-bond acceptors (Lipinski definition) is 5. The molecule has 1 aromatic heterocycles. The van der Waals surface area contributed by atoms with Crippen LogP contribution in [0.15, 0.2) is 54.7 Å². The first-order valence-electron chi connectivity index (χ1n) is 10.6. The van der Waals surface area contributed by atoms with Crippen molar-refractivity contribution in [2.24, 2.45) is 5.92 Å². The summed E-state index contributed by atoms with van der Waals surface area (Å²) in [6.45, 7) is 3.16. The number of nitrogens with zero attached hydrogens (tertiary/aromatic N) is 3. The molecule has 0 unspecified atom stereocenters. The third kappa shape index (κ3) is 4.55. The van der Waals surface area contributed by atoms with Crippen molar-refractivity contribution >= 4 is 29.1 Å². The van der Waals surface area contributed by atoms with E-state index in [9.17, 15) is 4.79 Å². The number of nitrogens with one attached hydrogen (secondary N) is 2. The van der Waals surface area contributed by atoms with Crippen molar-refractivity contribution < 1.29 is 4.79 Å². The largest absolute Gasteiger partial charge is 0.352 e. The summed E-state index contributed by atoms with van der Waals surface area (Å²) in [5, 5.41) is 7.03. The fourth-order valence-corrected chi connectivity index (χ4v) is 4.42. The lowest BCUT2D eigenvalue weighted by atomic mass is 9.95. The molecular weight excluding hydrogens is 410 g/mol. The van der Waals surface area contributed by atoms with Gasteiger partial charge in [0, 0.05) is 30.8 Å². The Labute approximate surface area is 186 Å². The molecule has 3 aromatic rings. The Morgan fingerprint density at radius 2 is 1.90 bits per heavy atom. The van der Waals surface area contributed by atoms with E-state index < -0.39 is 0 Å². The standard InChI is InChI=1S/C24H24ClN5O/c25-20-5-4-17-13-22(20)29-24-26-9-6-21(28-24)19-3-1-2-16(12-19)14-27-23(31)18-7-10-30(15-17)11-8-18/h1-6,9,12-13,18H,7-8,10-11,14-15H2,(H,27,31)(H,26,28,29). The van der Waals surface area contributed by atoms with Gasteiger partial charge in [0.25, 0.3) is 0 Å². The number of anilines is 2. The Bertz CT molecular complexity index is 1110. The van der Waals surface area contributed by atoms with Gasteiger partial charge >= 0.3 is 0 Å². The van der Waals surface area contributed by atoms with Crippen LogP contribution in [0.25, 0.3) is 11.3 Å². The molecule has 7 heteroatoms. The number of aromatic nitrogens is 2. The molecule has 3 aliphatic heterocycles. The van der Waals surface area contributed by atoms with E-state index in [1.807, 2.05) is 36.4 Å². The molecule has 0 radical (unpaired) electrons. The summed E-state index contributed by atoms with van der Waals surface area (Å²) in [4.78, 5) is 24.1. The summed E-state index contributed by atoms with van der Waals surface area (Å²) in [5.41, 5.74) is 4.80. The number of carbonyl (C=O) groups is 1. The number of benzene rings is 2. The monoisotopic (exact) mass is 433 g/mol. The van der Waals surface area contributed by atoms with Gasteiger partial charge in [-0.1, -0.05) is 35.9 Å². The molecule has 2 N–H and O–H groups in total. The number of rotatable bonds is 0. The van der Waals surface area contributed by atoms with Crippen LogP contribution in [0.4, 0.5) is 11.6 Å². The lowest BCUT2D eigenvalue weighted by molar-refractivity contribution is -0.126. The van der Waals surface area contributed by atoms with Gasteiger partial charge in [0.1, 0.15) is 0 Å². The maximum atomic E-state index is 12.7. The first kappa shape index (κ1) is 20.0. The zero-order valence-corrected chi connectivity index (χ0v) is 17.9. The van der Waals surface area contributed by atoms with Crippen LogP contribution in [0.1, 0.15) is 24.0 Å². The molecule has 2 aromatic carbocycles. The Morgan fingerprint density at radius 1 is 1.03 bits per heavy atom. The van der Waals surface area contributed by atoms with Gasteiger partial charge in [0.05, 0.1) is 16.4 Å². The van der Waals surface area contributed by atoms with Crippen molar-refractivity contribution in [3.8, 4) is 11.3 Å². The van der Waals surface area contributed by atoms with Crippen molar-refractivity contribution in [1.29, 1.82) is 0 Å². The normalized spacial score (nSPS) is 20.9. The molecule has 1 saturated heterocycles. The Hall–Kier alpha value is -2.96. The minimum atomic E-state index is 0.0742. The average Bonchev–Trinajstić information content (AvgIpc) is 2.80. The SMILES string of the molecule is O=C1NCc2cccc(c2)-c2ccnc(n2)Nc2cc(ccc2Cl)CN2CCC1CC2. The van der Waals surface area contributed by atoms with Gasteiger partial charge in [0.15, 0.2) is 0 Å². The van der Waals surface area contributed by atoms with E-state index >= 15 is 0 Å². The van der Waals surface area contributed by atoms with E-state index in [0.717, 1.165) is 55.0 Å². The smallest absolute Gasteiger partial charge is 0.227 e. The molecular formula is C24H24ClN5O. The van der Waals surface area contributed by atoms with E-state index in [0.29, 0.717) is 17.5 Å². The lowest BCUT2D eigenvalue weighted by Crippen LogP contribution is -2.40. The molecule has 8 bridgehead atoms. The van der Waals surface area contributed by atoms with E-state index in [1.54, 1.807) is 6.20 Å². The molecule has 0 atom stereocenters. The van der Waals surface area contributed by atoms with Crippen molar-refractivity contribution in [2.45, 2.75) is 25.9 Å². The first-order chi connectivity index (χ1) is 15.1. The zero-order chi connectivity index (χ0) is 21.2. The predicted octanol–water partition coefficient (Wildman–Crippen LogP) is 4.38. The Kier molecular flexibility index (Phi) is 5.57. The molecule has 6 rings (SSSR count). The molecule has 1 fully saturated rings. The molecule has 31 heavy (non-hydrogen) atoms. The van der Waals surface area contributed by atoms with Gasteiger partial charge in [0.2, 0.25) is 11.9 Å². The minimum absolute atomic E-state index is 0.0742. The fraction of sp³-hybridized carbons (Fsp3) is 0.292. The maximum Gasteiger partial charge on any atom is 0.227 e. The minimum Gasteiger partial charge on any atom is -0.352 e. The van der Waals surface area contributed by atoms with Crippen molar-refractivity contribution in [1.82, 2.24) is 20.2 Å². The third-order valence-electron chi connectivity index (χ3n) is 5.99. The second kappa shape index (κ2) is 8.65. The quantitative estimate of drug-likeness (QED) is 0.550. The van der Waals surface area contributed by atoms with Gasteiger partial charge in [-0.3, -0.25) is 9.69 Å². The van der Waals surface area contributed by atoms with Crippen LogP contribution in [0.2, 0.25) is 5.02 Å². The number of amides is 1. The number of halogens is 1. The second-order valence-electron chi connectivity index (χ2n) is 8.17. The van der Waals surface area contributed by atoms with Crippen LogP contribution in [0, 0.1) is 5.92 Å². The second-order valence-corrected chi connectivity index (χ2v) is 8.58. The number of carbonyl (C=O) groups excluding carboxylic acids is 1. The summed E-state index contributed by atoms with van der Waals surface area (Å²) in [7, 11) is 0. The highest BCUT2D eigenvalue weighted by molar-refractivity contribution is 6.33. The summed E-state index contributed by atoms with van der Waals surface area (Å²) >= 11 is 6.45. The molecule has 4 heterocycles. The summed E-state index contributed by atoms with van der Waals surface area (Å²) in [5.74, 6) is 0.718. The van der Waals surface area contributed by atoms with Crippen LogP contribution in [0.5, 0.6) is 0 Å².